The standard InChI is InChI=1S/C16H22O4/c1-18-13-8-12(9-14-16(13)20-10-19-14)15(17)11-6-4-2-3-5-7-11/h8-9,11,15,17H,2-7,10H2,1H3. The quantitative estimate of drug-likeness (QED) is 0.861. The van der Waals surface area contributed by atoms with Gasteiger partial charge in [-0.05, 0) is 36.5 Å². The summed E-state index contributed by atoms with van der Waals surface area (Å²) in [5, 5.41) is 10.7. The van der Waals surface area contributed by atoms with Gasteiger partial charge in [0.2, 0.25) is 12.5 Å². The van der Waals surface area contributed by atoms with Crippen LogP contribution >= 0.6 is 0 Å². The molecule has 1 aliphatic heterocycles. The topological polar surface area (TPSA) is 47.9 Å². The van der Waals surface area contributed by atoms with Gasteiger partial charge in [0.05, 0.1) is 13.2 Å². The second kappa shape index (κ2) is 5.92. The van der Waals surface area contributed by atoms with E-state index in [0.29, 0.717) is 23.2 Å². The average molecular weight is 278 g/mol. The Bertz CT molecular complexity index is 464. The third-order valence-electron chi connectivity index (χ3n) is 4.37. The lowest BCUT2D eigenvalue weighted by molar-refractivity contribution is 0.0983. The number of ether oxygens (including phenoxy) is 3. The molecule has 1 aliphatic carbocycles. The molecule has 0 aromatic heterocycles. The molecule has 4 nitrogen and oxygen atoms in total. The number of aliphatic hydroxyl groups is 1. The van der Waals surface area contributed by atoms with Crippen LogP contribution in [0.25, 0.3) is 0 Å². The Morgan fingerprint density at radius 1 is 1.15 bits per heavy atom. The van der Waals surface area contributed by atoms with Crippen molar-refractivity contribution in [2.24, 2.45) is 5.92 Å². The molecule has 0 spiro atoms. The van der Waals surface area contributed by atoms with E-state index < -0.39 is 6.10 Å². The number of hydrogen-bond acceptors (Lipinski definition) is 4. The first-order valence-electron chi connectivity index (χ1n) is 7.45. The molecule has 1 N–H and O–H groups in total. The monoisotopic (exact) mass is 278 g/mol. The molecule has 1 aromatic carbocycles. The van der Waals surface area contributed by atoms with Crippen LogP contribution in [0.2, 0.25) is 0 Å². The fourth-order valence-electron chi connectivity index (χ4n) is 3.22. The van der Waals surface area contributed by atoms with E-state index in [4.69, 9.17) is 14.2 Å². The van der Waals surface area contributed by atoms with Gasteiger partial charge in [-0.3, -0.25) is 0 Å². The summed E-state index contributed by atoms with van der Waals surface area (Å²) in [5.41, 5.74) is 0.873. The fraction of sp³-hybridized carbons (Fsp3) is 0.625. The van der Waals surface area contributed by atoms with Gasteiger partial charge >= 0.3 is 0 Å². The van der Waals surface area contributed by atoms with Crippen molar-refractivity contribution in [2.75, 3.05) is 13.9 Å². The van der Waals surface area contributed by atoms with Gasteiger partial charge < -0.3 is 19.3 Å². The predicted molar refractivity (Wildman–Crippen MR) is 75.3 cm³/mol. The zero-order valence-electron chi connectivity index (χ0n) is 11.9. The van der Waals surface area contributed by atoms with Crippen molar-refractivity contribution < 1.29 is 19.3 Å². The zero-order valence-corrected chi connectivity index (χ0v) is 11.9. The van der Waals surface area contributed by atoms with Gasteiger partial charge in [0.1, 0.15) is 0 Å². The largest absolute Gasteiger partial charge is 0.493 e. The van der Waals surface area contributed by atoms with E-state index in [0.717, 1.165) is 18.4 Å². The van der Waals surface area contributed by atoms with Gasteiger partial charge in [-0.1, -0.05) is 25.7 Å². The number of hydrogen-bond donors (Lipinski definition) is 1. The summed E-state index contributed by atoms with van der Waals surface area (Å²) in [6, 6.07) is 3.77. The maximum atomic E-state index is 10.7. The summed E-state index contributed by atoms with van der Waals surface area (Å²) < 4.78 is 16.2. The Balaban J connectivity index is 1.85. The lowest BCUT2D eigenvalue weighted by Crippen LogP contribution is -2.12. The number of aliphatic hydroxyl groups excluding tert-OH is 1. The van der Waals surface area contributed by atoms with Gasteiger partial charge in [-0.2, -0.15) is 0 Å². The van der Waals surface area contributed by atoms with E-state index in [-0.39, 0.29) is 6.79 Å². The molecule has 1 aromatic rings. The molecule has 2 aliphatic rings. The van der Waals surface area contributed by atoms with Crippen LogP contribution in [0.5, 0.6) is 17.2 Å². The Hall–Kier alpha value is -1.42. The van der Waals surface area contributed by atoms with Crippen LogP contribution in [-0.2, 0) is 0 Å². The van der Waals surface area contributed by atoms with E-state index in [2.05, 4.69) is 0 Å². The molecule has 1 heterocycles. The predicted octanol–water partition coefficient (Wildman–Crippen LogP) is 3.43. The third-order valence-corrected chi connectivity index (χ3v) is 4.37. The molecule has 1 fully saturated rings. The van der Waals surface area contributed by atoms with Crippen molar-refractivity contribution in [1.29, 1.82) is 0 Å². The van der Waals surface area contributed by atoms with E-state index in [1.807, 2.05) is 12.1 Å². The Morgan fingerprint density at radius 3 is 2.60 bits per heavy atom. The molecule has 0 bridgehead atoms. The fourth-order valence-corrected chi connectivity index (χ4v) is 3.22. The molecule has 1 unspecified atom stereocenters. The number of benzene rings is 1. The third kappa shape index (κ3) is 2.57. The van der Waals surface area contributed by atoms with Crippen LogP contribution in [0.3, 0.4) is 0 Å². The maximum Gasteiger partial charge on any atom is 0.231 e. The van der Waals surface area contributed by atoms with Crippen molar-refractivity contribution in [3.05, 3.63) is 17.7 Å². The van der Waals surface area contributed by atoms with Crippen molar-refractivity contribution in [2.45, 2.75) is 44.6 Å². The van der Waals surface area contributed by atoms with Gasteiger partial charge in [-0.25, -0.2) is 0 Å². The summed E-state index contributed by atoms with van der Waals surface area (Å²) >= 11 is 0. The highest BCUT2D eigenvalue weighted by Gasteiger charge is 2.27. The molecule has 0 amide bonds. The SMILES string of the molecule is COc1cc(C(O)C2CCCCCC2)cc2c1OCO2. The zero-order chi connectivity index (χ0) is 13.9. The van der Waals surface area contributed by atoms with Crippen LogP contribution in [0.15, 0.2) is 12.1 Å². The van der Waals surface area contributed by atoms with Gasteiger partial charge in [0.25, 0.3) is 0 Å². The molecule has 4 heteroatoms. The maximum absolute atomic E-state index is 10.7. The lowest BCUT2D eigenvalue weighted by Gasteiger charge is -2.22. The van der Waals surface area contributed by atoms with E-state index in [1.165, 1.54) is 25.7 Å². The second-order valence-electron chi connectivity index (χ2n) is 5.65. The molecule has 0 radical (unpaired) electrons. The van der Waals surface area contributed by atoms with Crippen molar-refractivity contribution >= 4 is 0 Å². The molecular formula is C16H22O4. The first kappa shape index (κ1) is 13.6. The molecule has 0 saturated heterocycles. The van der Waals surface area contributed by atoms with Crippen LogP contribution < -0.4 is 14.2 Å². The Labute approximate surface area is 119 Å². The minimum atomic E-state index is -0.448. The average Bonchev–Trinajstić information content (AvgIpc) is 2.78. The van der Waals surface area contributed by atoms with E-state index in [1.54, 1.807) is 7.11 Å². The minimum absolute atomic E-state index is 0.217. The molecule has 110 valence electrons. The van der Waals surface area contributed by atoms with Crippen LogP contribution in [-0.4, -0.2) is 19.0 Å². The van der Waals surface area contributed by atoms with Crippen molar-refractivity contribution in [3.8, 4) is 17.2 Å². The normalized spacial score (nSPS) is 20.5. The Morgan fingerprint density at radius 2 is 1.90 bits per heavy atom. The molecular weight excluding hydrogens is 256 g/mol. The summed E-state index contributed by atoms with van der Waals surface area (Å²) in [6.07, 6.45) is 6.74. The molecule has 3 rings (SSSR count). The summed E-state index contributed by atoms with van der Waals surface area (Å²) in [4.78, 5) is 0. The van der Waals surface area contributed by atoms with Crippen LogP contribution in [0, 0.1) is 5.92 Å². The van der Waals surface area contributed by atoms with Crippen LogP contribution in [0.1, 0.15) is 50.2 Å². The van der Waals surface area contributed by atoms with E-state index in [9.17, 15) is 5.11 Å². The van der Waals surface area contributed by atoms with Crippen molar-refractivity contribution in [3.63, 3.8) is 0 Å². The highest BCUT2D eigenvalue weighted by atomic mass is 16.7. The van der Waals surface area contributed by atoms with Gasteiger partial charge in [0, 0.05) is 0 Å². The number of fused-ring (bicyclic) bond motifs is 1. The smallest absolute Gasteiger partial charge is 0.231 e. The number of methoxy groups -OCH3 is 1. The molecule has 20 heavy (non-hydrogen) atoms. The highest BCUT2D eigenvalue weighted by molar-refractivity contribution is 5.55. The first-order chi connectivity index (χ1) is 9.79. The lowest BCUT2D eigenvalue weighted by atomic mass is 9.89. The van der Waals surface area contributed by atoms with Crippen molar-refractivity contribution in [1.82, 2.24) is 0 Å². The van der Waals surface area contributed by atoms with Gasteiger partial charge in [-0.15, -0.1) is 0 Å². The first-order valence-corrected chi connectivity index (χ1v) is 7.45. The second-order valence-corrected chi connectivity index (χ2v) is 5.65. The summed E-state index contributed by atoms with van der Waals surface area (Å²) in [5.74, 6) is 2.29. The Kier molecular flexibility index (Phi) is 4.01. The highest BCUT2D eigenvalue weighted by Crippen LogP contribution is 2.44. The molecule has 1 atom stereocenters. The summed E-state index contributed by atoms with van der Waals surface area (Å²) in [7, 11) is 1.61. The summed E-state index contributed by atoms with van der Waals surface area (Å²) in [6.45, 7) is 0.217. The number of rotatable bonds is 3. The van der Waals surface area contributed by atoms with E-state index >= 15 is 0 Å². The molecule has 1 saturated carbocycles. The minimum Gasteiger partial charge on any atom is -0.493 e. The van der Waals surface area contributed by atoms with Gasteiger partial charge in [0.15, 0.2) is 11.5 Å². The van der Waals surface area contributed by atoms with Crippen LogP contribution in [0.4, 0.5) is 0 Å².